The number of aryl methyl sites for hydroxylation is 1. The van der Waals surface area contributed by atoms with Gasteiger partial charge < -0.3 is 10.2 Å². The molecule has 4 nitrogen and oxygen atoms in total. The summed E-state index contributed by atoms with van der Waals surface area (Å²) < 4.78 is 0. The molecule has 1 unspecified atom stereocenters. The fourth-order valence-electron chi connectivity index (χ4n) is 2.96. The molecule has 0 fully saturated rings. The first-order chi connectivity index (χ1) is 13.9. The van der Waals surface area contributed by atoms with Crippen molar-refractivity contribution >= 4 is 35.2 Å². The Hall–Kier alpha value is -1.98. The van der Waals surface area contributed by atoms with Gasteiger partial charge in [0.1, 0.15) is 6.04 Å². The van der Waals surface area contributed by atoms with Gasteiger partial charge in [-0.1, -0.05) is 35.9 Å². The Kier molecular flexibility index (Phi) is 9.55. The summed E-state index contributed by atoms with van der Waals surface area (Å²) in [6.07, 6.45) is 1.16. The molecule has 2 amide bonds. The van der Waals surface area contributed by atoms with Crippen LogP contribution in [0.15, 0.2) is 53.4 Å². The number of hydrogen-bond acceptors (Lipinski definition) is 3. The molecule has 2 aromatic rings. The maximum absolute atomic E-state index is 13.0. The molecule has 6 heteroatoms. The summed E-state index contributed by atoms with van der Waals surface area (Å²) in [6.45, 7) is 6.69. The van der Waals surface area contributed by atoms with E-state index in [9.17, 15) is 9.59 Å². The number of halogens is 1. The van der Waals surface area contributed by atoms with Gasteiger partial charge in [-0.3, -0.25) is 9.59 Å². The third kappa shape index (κ3) is 7.41. The minimum Gasteiger partial charge on any atom is -0.355 e. The van der Waals surface area contributed by atoms with Crippen molar-refractivity contribution in [3.63, 3.8) is 0 Å². The van der Waals surface area contributed by atoms with Crippen LogP contribution in [0.3, 0.4) is 0 Å². The Bertz CT molecular complexity index is 811. The van der Waals surface area contributed by atoms with Crippen molar-refractivity contribution < 1.29 is 9.59 Å². The average Bonchev–Trinajstić information content (AvgIpc) is 2.71. The highest BCUT2D eigenvalue weighted by Crippen LogP contribution is 2.22. The first-order valence-corrected chi connectivity index (χ1v) is 11.3. The maximum atomic E-state index is 13.0. The molecule has 0 aliphatic heterocycles. The molecule has 0 aromatic heterocycles. The van der Waals surface area contributed by atoms with Crippen molar-refractivity contribution in [1.29, 1.82) is 0 Å². The number of thioether (sulfide) groups is 1. The first-order valence-electron chi connectivity index (χ1n) is 9.92. The molecule has 2 rings (SSSR count). The maximum Gasteiger partial charge on any atom is 0.242 e. The molecule has 0 saturated carbocycles. The smallest absolute Gasteiger partial charge is 0.242 e. The van der Waals surface area contributed by atoms with Crippen LogP contribution in [-0.2, 0) is 16.1 Å². The second-order valence-corrected chi connectivity index (χ2v) is 8.53. The Morgan fingerprint density at radius 1 is 1.14 bits per heavy atom. The lowest BCUT2D eigenvalue weighted by molar-refractivity contribution is -0.140. The SMILES string of the molecule is CCNC(=O)C(C)N(Cc1ccccc1C)C(=O)CCCSc1ccc(Cl)cc1. The van der Waals surface area contributed by atoms with E-state index in [1.54, 1.807) is 23.6 Å². The first kappa shape index (κ1) is 23.3. The average molecular weight is 433 g/mol. The molecule has 0 aliphatic rings. The van der Waals surface area contributed by atoms with Crippen LogP contribution >= 0.6 is 23.4 Å². The van der Waals surface area contributed by atoms with E-state index < -0.39 is 6.04 Å². The van der Waals surface area contributed by atoms with Gasteiger partial charge in [0.15, 0.2) is 0 Å². The van der Waals surface area contributed by atoms with Gasteiger partial charge >= 0.3 is 0 Å². The van der Waals surface area contributed by atoms with Gasteiger partial charge in [-0.15, -0.1) is 11.8 Å². The number of nitrogens with one attached hydrogen (secondary N) is 1. The van der Waals surface area contributed by atoms with Crippen LogP contribution in [0, 0.1) is 6.92 Å². The summed E-state index contributed by atoms with van der Waals surface area (Å²) in [5.41, 5.74) is 2.18. The van der Waals surface area contributed by atoms with Crippen LogP contribution in [0.4, 0.5) is 0 Å². The monoisotopic (exact) mass is 432 g/mol. The number of hydrogen-bond donors (Lipinski definition) is 1. The second kappa shape index (κ2) is 11.9. The van der Waals surface area contributed by atoms with E-state index in [0.717, 1.165) is 33.2 Å². The number of carbonyl (C=O) groups is 2. The number of rotatable bonds is 10. The van der Waals surface area contributed by atoms with Gasteiger partial charge in [0, 0.05) is 29.4 Å². The molecule has 1 atom stereocenters. The number of benzene rings is 2. The molecule has 0 saturated heterocycles. The molecule has 0 radical (unpaired) electrons. The second-order valence-electron chi connectivity index (χ2n) is 6.92. The highest BCUT2D eigenvalue weighted by molar-refractivity contribution is 7.99. The Labute approximate surface area is 183 Å². The summed E-state index contributed by atoms with van der Waals surface area (Å²) in [4.78, 5) is 28.2. The third-order valence-corrected chi connectivity index (χ3v) is 6.09. The van der Waals surface area contributed by atoms with E-state index in [2.05, 4.69) is 5.32 Å². The van der Waals surface area contributed by atoms with Crippen LogP contribution in [0.1, 0.15) is 37.8 Å². The van der Waals surface area contributed by atoms with E-state index in [-0.39, 0.29) is 11.8 Å². The van der Waals surface area contributed by atoms with Crippen LogP contribution in [0.2, 0.25) is 5.02 Å². The van der Waals surface area contributed by atoms with E-state index in [4.69, 9.17) is 11.6 Å². The lowest BCUT2D eigenvalue weighted by Gasteiger charge is -2.29. The Morgan fingerprint density at radius 3 is 2.48 bits per heavy atom. The van der Waals surface area contributed by atoms with E-state index in [1.807, 2.05) is 62.4 Å². The van der Waals surface area contributed by atoms with Gasteiger partial charge in [0.05, 0.1) is 0 Å². The van der Waals surface area contributed by atoms with Crippen LogP contribution in [0.5, 0.6) is 0 Å². The largest absolute Gasteiger partial charge is 0.355 e. The van der Waals surface area contributed by atoms with E-state index in [0.29, 0.717) is 19.5 Å². The summed E-state index contributed by atoms with van der Waals surface area (Å²) >= 11 is 7.62. The van der Waals surface area contributed by atoms with Crippen molar-refractivity contribution in [2.24, 2.45) is 0 Å². The quantitative estimate of drug-likeness (QED) is 0.421. The minimum atomic E-state index is -0.508. The highest BCUT2D eigenvalue weighted by atomic mass is 35.5. The molecule has 0 bridgehead atoms. The fraction of sp³-hybridized carbons (Fsp3) is 0.391. The van der Waals surface area contributed by atoms with Crippen LogP contribution in [0.25, 0.3) is 0 Å². The standard InChI is InChI=1S/C23H29ClN2O2S/c1-4-25-23(28)18(3)26(16-19-9-6-5-8-17(19)2)22(27)10-7-15-29-21-13-11-20(24)12-14-21/h5-6,8-9,11-14,18H,4,7,10,15-16H2,1-3H3,(H,25,28). The van der Waals surface area contributed by atoms with Crippen molar-refractivity contribution in [2.75, 3.05) is 12.3 Å². The molecular weight excluding hydrogens is 404 g/mol. The van der Waals surface area contributed by atoms with Crippen molar-refractivity contribution in [3.8, 4) is 0 Å². The molecule has 1 N–H and O–H groups in total. The summed E-state index contributed by atoms with van der Waals surface area (Å²) in [7, 11) is 0. The van der Waals surface area contributed by atoms with Crippen LogP contribution < -0.4 is 5.32 Å². The summed E-state index contributed by atoms with van der Waals surface area (Å²) in [5, 5.41) is 3.54. The fourth-order valence-corrected chi connectivity index (χ4v) is 3.94. The van der Waals surface area contributed by atoms with Gasteiger partial charge in [-0.2, -0.15) is 0 Å². The number of nitrogens with zero attached hydrogens (tertiary/aromatic N) is 1. The molecule has 2 aromatic carbocycles. The molecule has 156 valence electrons. The van der Waals surface area contributed by atoms with Crippen molar-refractivity contribution in [3.05, 3.63) is 64.7 Å². The normalized spacial score (nSPS) is 11.7. The summed E-state index contributed by atoms with van der Waals surface area (Å²) in [5.74, 6) is 0.717. The van der Waals surface area contributed by atoms with Gasteiger partial charge in [-0.25, -0.2) is 0 Å². The lowest BCUT2D eigenvalue weighted by atomic mass is 10.1. The number of carbonyl (C=O) groups excluding carboxylic acids is 2. The van der Waals surface area contributed by atoms with E-state index in [1.165, 1.54) is 0 Å². The molecule has 29 heavy (non-hydrogen) atoms. The zero-order valence-electron chi connectivity index (χ0n) is 17.3. The van der Waals surface area contributed by atoms with Gasteiger partial charge in [0.25, 0.3) is 0 Å². The molecule has 0 heterocycles. The van der Waals surface area contributed by atoms with Crippen LogP contribution in [-0.4, -0.2) is 35.1 Å². The Morgan fingerprint density at radius 2 is 1.83 bits per heavy atom. The molecular formula is C23H29ClN2O2S. The zero-order chi connectivity index (χ0) is 21.2. The van der Waals surface area contributed by atoms with Gasteiger partial charge in [0.2, 0.25) is 11.8 Å². The molecule has 0 spiro atoms. The highest BCUT2D eigenvalue weighted by Gasteiger charge is 2.25. The zero-order valence-corrected chi connectivity index (χ0v) is 18.9. The van der Waals surface area contributed by atoms with Gasteiger partial charge in [-0.05, 0) is 68.3 Å². The number of likely N-dealkylation sites (N-methyl/N-ethyl adjacent to an activating group) is 1. The van der Waals surface area contributed by atoms with Crippen molar-refractivity contribution in [2.45, 2.75) is 51.1 Å². The van der Waals surface area contributed by atoms with Crippen molar-refractivity contribution in [1.82, 2.24) is 10.2 Å². The number of amides is 2. The minimum absolute atomic E-state index is 0.00344. The van der Waals surface area contributed by atoms with E-state index >= 15 is 0 Å². The molecule has 0 aliphatic carbocycles. The lowest BCUT2D eigenvalue weighted by Crippen LogP contribution is -2.47. The topological polar surface area (TPSA) is 49.4 Å². The Balaban J connectivity index is 1.98. The third-order valence-electron chi connectivity index (χ3n) is 4.74. The predicted octanol–water partition coefficient (Wildman–Crippen LogP) is 5.07. The predicted molar refractivity (Wildman–Crippen MR) is 121 cm³/mol. The summed E-state index contributed by atoms with van der Waals surface area (Å²) in [6, 6.07) is 15.2.